The SMILES string of the molecule is C[C@@H]1CC[C@@]2(C)[C@@H](C1)C[C@H](O)[C@H]1[C@@H]3CC[C@H]([C@H](C)CCC(=O)NCCS(=O)(=O)O)C3CC[C@@H]12. The minimum absolute atomic E-state index is 0.0420. The Kier molecular flexibility index (Phi) is 7.53. The third-order valence-electron chi connectivity index (χ3n) is 10.6. The first-order valence-electron chi connectivity index (χ1n) is 13.4. The molecule has 0 aromatic rings. The number of hydrogen-bond donors (Lipinski definition) is 3. The molecular formula is C26H45NO5S. The number of carbonyl (C=O) groups is 1. The highest BCUT2D eigenvalue weighted by Gasteiger charge is 2.59. The topological polar surface area (TPSA) is 104 Å². The molecule has 4 aliphatic carbocycles. The smallest absolute Gasteiger partial charge is 0.266 e. The predicted octanol–water partition coefficient (Wildman–Crippen LogP) is 4.28. The maximum absolute atomic E-state index is 12.1. The van der Waals surface area contributed by atoms with Gasteiger partial charge in [0.2, 0.25) is 5.91 Å². The molecule has 0 heterocycles. The van der Waals surface area contributed by atoms with Crippen molar-refractivity contribution in [1.82, 2.24) is 5.32 Å². The van der Waals surface area contributed by atoms with Crippen LogP contribution in [-0.4, -0.2) is 42.4 Å². The number of aliphatic hydroxyl groups is 1. The molecule has 4 aliphatic rings. The Morgan fingerprint density at radius 2 is 1.85 bits per heavy atom. The van der Waals surface area contributed by atoms with Crippen LogP contribution in [0.5, 0.6) is 0 Å². The quantitative estimate of drug-likeness (QED) is 0.469. The van der Waals surface area contributed by atoms with Crippen molar-refractivity contribution in [1.29, 1.82) is 0 Å². The summed E-state index contributed by atoms with van der Waals surface area (Å²) in [6, 6.07) is 0. The highest BCUT2D eigenvalue weighted by atomic mass is 32.2. The van der Waals surface area contributed by atoms with Gasteiger partial charge in [0, 0.05) is 13.0 Å². The Labute approximate surface area is 200 Å². The van der Waals surface area contributed by atoms with Gasteiger partial charge >= 0.3 is 0 Å². The van der Waals surface area contributed by atoms with Crippen molar-refractivity contribution in [2.45, 2.75) is 91.1 Å². The van der Waals surface area contributed by atoms with Gasteiger partial charge in [-0.1, -0.05) is 27.2 Å². The summed E-state index contributed by atoms with van der Waals surface area (Å²) < 4.78 is 30.4. The van der Waals surface area contributed by atoms with E-state index in [1.165, 1.54) is 44.9 Å². The Hall–Kier alpha value is -0.660. The van der Waals surface area contributed by atoms with Crippen LogP contribution < -0.4 is 5.32 Å². The summed E-state index contributed by atoms with van der Waals surface area (Å²) in [4.78, 5) is 12.1. The van der Waals surface area contributed by atoms with Crippen molar-refractivity contribution in [3.63, 3.8) is 0 Å². The monoisotopic (exact) mass is 483 g/mol. The second-order valence-electron chi connectivity index (χ2n) is 12.4. The molecule has 0 aliphatic heterocycles. The van der Waals surface area contributed by atoms with Gasteiger partial charge in [0.05, 0.1) is 11.9 Å². The molecular weight excluding hydrogens is 438 g/mol. The predicted molar refractivity (Wildman–Crippen MR) is 129 cm³/mol. The Balaban J connectivity index is 1.34. The van der Waals surface area contributed by atoms with Crippen molar-refractivity contribution in [2.75, 3.05) is 12.3 Å². The number of hydrogen-bond acceptors (Lipinski definition) is 4. The van der Waals surface area contributed by atoms with Gasteiger partial charge in [-0.25, -0.2) is 0 Å². The summed E-state index contributed by atoms with van der Waals surface area (Å²) in [7, 11) is -4.04. The number of aliphatic hydroxyl groups excluding tert-OH is 1. The van der Waals surface area contributed by atoms with Crippen LogP contribution >= 0.6 is 0 Å². The molecule has 4 fully saturated rings. The fourth-order valence-corrected chi connectivity index (χ4v) is 9.21. The van der Waals surface area contributed by atoms with E-state index in [1.807, 2.05) is 0 Å². The first-order chi connectivity index (χ1) is 15.5. The van der Waals surface area contributed by atoms with Crippen LogP contribution in [0.2, 0.25) is 0 Å². The van der Waals surface area contributed by atoms with E-state index >= 15 is 0 Å². The zero-order valence-electron chi connectivity index (χ0n) is 20.7. The number of rotatable bonds is 7. The zero-order chi connectivity index (χ0) is 24.0. The van der Waals surface area contributed by atoms with E-state index in [0.717, 1.165) is 18.8 Å². The van der Waals surface area contributed by atoms with E-state index in [2.05, 4.69) is 26.1 Å². The van der Waals surface area contributed by atoms with Gasteiger partial charge < -0.3 is 10.4 Å². The Morgan fingerprint density at radius 1 is 1.12 bits per heavy atom. The van der Waals surface area contributed by atoms with E-state index in [0.29, 0.717) is 53.3 Å². The molecule has 3 N–H and O–H groups in total. The highest BCUT2D eigenvalue weighted by molar-refractivity contribution is 7.85. The molecule has 1 amide bonds. The maximum atomic E-state index is 12.1. The van der Waals surface area contributed by atoms with Gasteiger partial charge in [0.15, 0.2) is 0 Å². The summed E-state index contributed by atoms with van der Waals surface area (Å²) in [6.45, 7) is 7.15. The van der Waals surface area contributed by atoms with Crippen molar-refractivity contribution < 1.29 is 22.9 Å². The number of fused-ring (bicyclic) bond motifs is 5. The second-order valence-corrected chi connectivity index (χ2v) is 13.9. The molecule has 0 aromatic carbocycles. The van der Waals surface area contributed by atoms with Crippen molar-refractivity contribution in [3.05, 3.63) is 0 Å². The first-order valence-corrected chi connectivity index (χ1v) is 15.0. The molecule has 33 heavy (non-hydrogen) atoms. The minimum Gasteiger partial charge on any atom is -0.393 e. The highest BCUT2D eigenvalue weighted by Crippen LogP contribution is 2.64. The molecule has 0 spiro atoms. The largest absolute Gasteiger partial charge is 0.393 e. The summed E-state index contributed by atoms with van der Waals surface area (Å²) in [5.74, 6) is 4.39. The first kappa shape index (κ1) is 25.4. The molecule has 190 valence electrons. The lowest BCUT2D eigenvalue weighted by molar-refractivity contribution is -0.151. The molecule has 0 radical (unpaired) electrons. The van der Waals surface area contributed by atoms with Crippen LogP contribution in [0, 0.1) is 52.8 Å². The van der Waals surface area contributed by atoms with Gasteiger partial charge in [0.1, 0.15) is 0 Å². The Bertz CT molecular complexity index is 815. The van der Waals surface area contributed by atoms with Crippen LogP contribution in [0.25, 0.3) is 0 Å². The number of amides is 1. The van der Waals surface area contributed by atoms with E-state index in [-0.39, 0.29) is 18.6 Å². The molecule has 6 nitrogen and oxygen atoms in total. The summed E-state index contributed by atoms with van der Waals surface area (Å²) in [6.07, 6.45) is 11.0. The second kappa shape index (κ2) is 9.77. The summed E-state index contributed by atoms with van der Waals surface area (Å²) in [5.41, 5.74) is 0.408. The van der Waals surface area contributed by atoms with Crippen molar-refractivity contribution in [2.24, 2.45) is 52.8 Å². The molecule has 7 heteroatoms. The van der Waals surface area contributed by atoms with E-state index < -0.39 is 15.9 Å². The van der Waals surface area contributed by atoms with E-state index in [4.69, 9.17) is 4.55 Å². The molecule has 4 rings (SSSR count). The molecule has 1 unspecified atom stereocenters. The Morgan fingerprint density at radius 3 is 2.58 bits per heavy atom. The molecule has 0 bridgehead atoms. The van der Waals surface area contributed by atoms with Crippen LogP contribution in [-0.2, 0) is 14.9 Å². The number of nitrogens with one attached hydrogen (secondary N) is 1. The van der Waals surface area contributed by atoms with E-state index in [9.17, 15) is 18.3 Å². The fraction of sp³-hybridized carbons (Fsp3) is 0.962. The van der Waals surface area contributed by atoms with Crippen molar-refractivity contribution >= 4 is 16.0 Å². The minimum atomic E-state index is -4.04. The summed E-state index contributed by atoms with van der Waals surface area (Å²) >= 11 is 0. The zero-order valence-corrected chi connectivity index (χ0v) is 21.5. The normalized spacial score (nSPS) is 43.8. The molecule has 10 atom stereocenters. The lowest BCUT2D eigenvalue weighted by Gasteiger charge is -2.60. The third kappa shape index (κ3) is 5.30. The lowest BCUT2D eigenvalue weighted by atomic mass is 9.45. The fourth-order valence-electron chi connectivity index (χ4n) is 8.85. The maximum Gasteiger partial charge on any atom is 0.266 e. The van der Waals surface area contributed by atoms with Crippen molar-refractivity contribution in [3.8, 4) is 0 Å². The van der Waals surface area contributed by atoms with Gasteiger partial charge in [-0.2, -0.15) is 8.42 Å². The molecule has 0 aromatic heterocycles. The van der Waals surface area contributed by atoms with Gasteiger partial charge in [-0.15, -0.1) is 0 Å². The average Bonchev–Trinajstić information content (AvgIpc) is 3.17. The lowest BCUT2D eigenvalue weighted by Crippen LogP contribution is -2.56. The molecule has 0 saturated heterocycles. The van der Waals surface area contributed by atoms with Crippen LogP contribution in [0.15, 0.2) is 0 Å². The van der Waals surface area contributed by atoms with Gasteiger partial charge in [-0.05, 0) is 104 Å². The van der Waals surface area contributed by atoms with E-state index in [1.54, 1.807) is 0 Å². The molecule has 4 saturated carbocycles. The van der Waals surface area contributed by atoms with Crippen LogP contribution in [0.4, 0.5) is 0 Å². The van der Waals surface area contributed by atoms with Gasteiger partial charge in [-0.3, -0.25) is 9.35 Å². The third-order valence-corrected chi connectivity index (χ3v) is 11.3. The van der Waals surface area contributed by atoms with Gasteiger partial charge in [0.25, 0.3) is 10.1 Å². The van der Waals surface area contributed by atoms with Crippen LogP contribution in [0.1, 0.15) is 85.0 Å². The standard InChI is InChI=1S/C26H45NO5S/c1-16-10-11-26(3)18(14-16)15-23(28)25-21-6-5-19(20(21)7-8-22(25)26)17(2)4-9-24(29)27-12-13-33(30,31)32/h16-23,25,28H,4-15H2,1-3H3,(H,27,29)(H,30,31,32)/t16-,17-,18+,19-,20?,21-,22+,23+,25+,26+/m1/s1. The average molecular weight is 484 g/mol. The number of carbonyl (C=O) groups excluding carboxylic acids is 1. The van der Waals surface area contributed by atoms with Crippen LogP contribution in [0.3, 0.4) is 0 Å². The summed E-state index contributed by atoms with van der Waals surface area (Å²) in [5, 5.41) is 13.9.